The van der Waals surface area contributed by atoms with E-state index < -0.39 is 0 Å². The van der Waals surface area contributed by atoms with Crippen LogP contribution in [0.4, 0.5) is 5.69 Å². The van der Waals surface area contributed by atoms with E-state index in [4.69, 9.17) is 22.6 Å². The number of nitrogens with zero attached hydrogens (tertiary/aromatic N) is 1. The molecule has 0 atom stereocenters. The van der Waals surface area contributed by atoms with Gasteiger partial charge < -0.3 is 5.73 Å². The quantitative estimate of drug-likeness (QED) is 0.476. The molecule has 4 heteroatoms. The maximum atomic E-state index is 8.33. The summed E-state index contributed by atoms with van der Waals surface area (Å²) in [4.78, 5) is 1.05. The first-order valence-electron chi connectivity index (χ1n) is 3.79. The first-order chi connectivity index (χ1) is 6.24. The van der Waals surface area contributed by atoms with Crippen LogP contribution in [0.3, 0.4) is 0 Å². The zero-order chi connectivity index (χ0) is 9.68. The molecule has 0 fully saturated rings. The summed E-state index contributed by atoms with van der Waals surface area (Å²) >= 11 is 7.43. The van der Waals surface area contributed by atoms with Crippen molar-refractivity contribution in [3.8, 4) is 6.07 Å². The van der Waals surface area contributed by atoms with E-state index in [-0.39, 0.29) is 0 Å². The molecule has 0 unspecified atom stereocenters. The van der Waals surface area contributed by atoms with Gasteiger partial charge in [-0.1, -0.05) is 11.6 Å². The Kier molecular flexibility index (Phi) is 3.94. The van der Waals surface area contributed by atoms with Gasteiger partial charge in [0, 0.05) is 17.1 Å². The van der Waals surface area contributed by atoms with Crippen molar-refractivity contribution in [2.75, 3.05) is 11.5 Å². The number of halogens is 1. The van der Waals surface area contributed by atoms with Gasteiger partial charge in [-0.3, -0.25) is 0 Å². The lowest BCUT2D eigenvalue weighted by Crippen LogP contribution is -1.86. The van der Waals surface area contributed by atoms with Crippen molar-refractivity contribution in [3.05, 3.63) is 23.2 Å². The number of anilines is 1. The fourth-order valence-corrected chi connectivity index (χ4v) is 1.85. The Hall–Kier alpha value is -0.850. The van der Waals surface area contributed by atoms with Crippen molar-refractivity contribution in [3.63, 3.8) is 0 Å². The van der Waals surface area contributed by atoms with Crippen LogP contribution in [0.5, 0.6) is 0 Å². The van der Waals surface area contributed by atoms with Gasteiger partial charge in [-0.15, -0.1) is 11.8 Å². The number of hydrogen-bond acceptors (Lipinski definition) is 3. The fraction of sp³-hybridized carbons (Fsp3) is 0.222. The second-order valence-corrected chi connectivity index (χ2v) is 4.02. The average Bonchev–Trinajstić information content (AvgIpc) is 2.12. The summed E-state index contributed by atoms with van der Waals surface area (Å²) in [7, 11) is 0. The molecule has 0 aliphatic heterocycles. The maximum Gasteiger partial charge on any atom is 0.0646 e. The molecule has 13 heavy (non-hydrogen) atoms. The lowest BCUT2D eigenvalue weighted by Gasteiger charge is -2.01. The summed E-state index contributed by atoms with van der Waals surface area (Å²) in [6.07, 6.45) is 0.548. The van der Waals surface area contributed by atoms with E-state index in [9.17, 15) is 0 Å². The molecule has 0 spiro atoms. The zero-order valence-corrected chi connectivity index (χ0v) is 8.53. The van der Waals surface area contributed by atoms with Crippen molar-refractivity contribution in [2.24, 2.45) is 0 Å². The van der Waals surface area contributed by atoms with Gasteiger partial charge in [0.05, 0.1) is 16.8 Å². The Labute approximate surface area is 86.7 Å². The van der Waals surface area contributed by atoms with E-state index in [0.717, 1.165) is 10.6 Å². The van der Waals surface area contributed by atoms with Gasteiger partial charge in [-0.05, 0) is 18.2 Å². The molecular formula is C9H9ClN2S. The van der Waals surface area contributed by atoms with Gasteiger partial charge in [0.1, 0.15) is 0 Å². The Morgan fingerprint density at radius 1 is 1.54 bits per heavy atom. The standard InChI is InChI=1S/C9H9ClN2S/c10-8-6-7(2-3-9(8)12)13-5-1-4-11/h2-3,6H,1,5,12H2. The molecule has 0 heterocycles. The fourth-order valence-electron chi connectivity index (χ4n) is 0.812. The zero-order valence-electron chi connectivity index (χ0n) is 6.96. The minimum Gasteiger partial charge on any atom is -0.398 e. The summed E-state index contributed by atoms with van der Waals surface area (Å²) in [6.45, 7) is 0. The van der Waals surface area contributed by atoms with Crippen LogP contribution in [0.2, 0.25) is 5.02 Å². The lowest BCUT2D eigenvalue weighted by molar-refractivity contribution is 1.23. The second kappa shape index (κ2) is 5.00. The number of thioether (sulfide) groups is 1. The summed E-state index contributed by atoms with van der Waals surface area (Å²) in [5.74, 6) is 0.788. The summed E-state index contributed by atoms with van der Waals surface area (Å²) in [5, 5.41) is 8.90. The van der Waals surface area contributed by atoms with Crippen molar-refractivity contribution in [1.82, 2.24) is 0 Å². The van der Waals surface area contributed by atoms with E-state index in [2.05, 4.69) is 6.07 Å². The molecule has 0 saturated carbocycles. The van der Waals surface area contributed by atoms with Crippen LogP contribution in [-0.2, 0) is 0 Å². The van der Waals surface area contributed by atoms with Crippen LogP contribution in [0.1, 0.15) is 6.42 Å². The highest BCUT2D eigenvalue weighted by molar-refractivity contribution is 7.99. The topological polar surface area (TPSA) is 49.8 Å². The highest BCUT2D eigenvalue weighted by atomic mass is 35.5. The summed E-state index contributed by atoms with van der Waals surface area (Å²) in [5.41, 5.74) is 6.14. The third-order valence-corrected chi connectivity index (χ3v) is 2.78. The molecule has 1 aromatic carbocycles. The maximum absolute atomic E-state index is 8.33. The highest BCUT2D eigenvalue weighted by Gasteiger charge is 1.98. The van der Waals surface area contributed by atoms with Crippen molar-refractivity contribution < 1.29 is 0 Å². The Balaban J connectivity index is 2.59. The first kappa shape index (κ1) is 10.2. The lowest BCUT2D eigenvalue weighted by atomic mass is 10.3. The van der Waals surface area contributed by atoms with E-state index in [1.807, 2.05) is 12.1 Å². The van der Waals surface area contributed by atoms with Crippen molar-refractivity contribution in [1.29, 1.82) is 5.26 Å². The normalized spacial score (nSPS) is 9.54. The first-order valence-corrected chi connectivity index (χ1v) is 5.15. The number of nitrogens with two attached hydrogens (primary N) is 1. The van der Waals surface area contributed by atoms with Gasteiger partial charge in [0.25, 0.3) is 0 Å². The van der Waals surface area contributed by atoms with E-state index in [1.54, 1.807) is 17.8 Å². The minimum atomic E-state index is 0.548. The molecular weight excluding hydrogens is 204 g/mol. The Morgan fingerprint density at radius 2 is 2.31 bits per heavy atom. The van der Waals surface area contributed by atoms with Gasteiger partial charge in [-0.25, -0.2) is 0 Å². The summed E-state index contributed by atoms with van der Waals surface area (Å²) < 4.78 is 0. The SMILES string of the molecule is N#CCCSc1ccc(N)c(Cl)c1. The molecule has 0 aliphatic rings. The molecule has 0 bridgehead atoms. The molecule has 0 amide bonds. The molecule has 1 aromatic rings. The predicted molar refractivity (Wildman–Crippen MR) is 56.8 cm³/mol. The molecule has 2 nitrogen and oxygen atoms in total. The smallest absolute Gasteiger partial charge is 0.0646 e. The number of nitrogen functional groups attached to an aromatic ring is 1. The van der Waals surface area contributed by atoms with Crippen LogP contribution in [0.15, 0.2) is 23.1 Å². The highest BCUT2D eigenvalue weighted by Crippen LogP contribution is 2.26. The van der Waals surface area contributed by atoms with Crippen molar-refractivity contribution >= 4 is 29.1 Å². The molecule has 1 rings (SSSR count). The van der Waals surface area contributed by atoms with Crippen LogP contribution >= 0.6 is 23.4 Å². The number of nitriles is 1. The largest absolute Gasteiger partial charge is 0.398 e. The third kappa shape index (κ3) is 3.17. The molecule has 0 aliphatic carbocycles. The third-order valence-electron chi connectivity index (χ3n) is 1.45. The van der Waals surface area contributed by atoms with Gasteiger partial charge in [-0.2, -0.15) is 5.26 Å². The van der Waals surface area contributed by atoms with Crippen molar-refractivity contribution in [2.45, 2.75) is 11.3 Å². The summed E-state index contributed by atoms with van der Waals surface area (Å²) in [6, 6.07) is 7.58. The monoisotopic (exact) mass is 212 g/mol. The number of benzene rings is 1. The minimum absolute atomic E-state index is 0.548. The van der Waals surface area contributed by atoms with Gasteiger partial charge in [0.15, 0.2) is 0 Å². The van der Waals surface area contributed by atoms with Gasteiger partial charge in [0.2, 0.25) is 0 Å². The van der Waals surface area contributed by atoms with E-state index in [1.165, 1.54) is 0 Å². The Morgan fingerprint density at radius 3 is 2.92 bits per heavy atom. The van der Waals surface area contributed by atoms with E-state index in [0.29, 0.717) is 17.1 Å². The number of hydrogen-bond donors (Lipinski definition) is 1. The van der Waals surface area contributed by atoms with E-state index >= 15 is 0 Å². The van der Waals surface area contributed by atoms with Gasteiger partial charge >= 0.3 is 0 Å². The second-order valence-electron chi connectivity index (χ2n) is 2.44. The van der Waals surface area contributed by atoms with Crippen LogP contribution < -0.4 is 5.73 Å². The van der Waals surface area contributed by atoms with Crippen LogP contribution in [-0.4, -0.2) is 5.75 Å². The molecule has 0 saturated heterocycles. The predicted octanol–water partition coefficient (Wildman–Crippen LogP) is 2.93. The Bertz CT molecular complexity index is 333. The molecule has 0 radical (unpaired) electrons. The van der Waals surface area contributed by atoms with Crippen LogP contribution in [0.25, 0.3) is 0 Å². The van der Waals surface area contributed by atoms with Crippen LogP contribution in [0, 0.1) is 11.3 Å². The molecule has 0 aromatic heterocycles. The average molecular weight is 213 g/mol. The molecule has 68 valence electrons. The number of rotatable bonds is 3. The molecule has 2 N–H and O–H groups in total.